The predicted molar refractivity (Wildman–Crippen MR) is 92.3 cm³/mol. The lowest BCUT2D eigenvalue weighted by atomic mass is 10.0. The zero-order chi connectivity index (χ0) is 18.4. The maximum absolute atomic E-state index is 12.5. The Hall–Kier alpha value is -1.76. The maximum atomic E-state index is 12.5. The monoisotopic (exact) mass is 344 g/mol. The van der Waals surface area contributed by atoms with Crippen molar-refractivity contribution in [3.63, 3.8) is 0 Å². The number of alkyl halides is 3. The molecular formula is C17H27F3N4. The number of hydrogen-bond acceptors (Lipinski definition) is 2. The van der Waals surface area contributed by atoms with Gasteiger partial charge in [-0.15, -0.1) is 0 Å². The van der Waals surface area contributed by atoms with Crippen LogP contribution in [0, 0.1) is 0 Å². The lowest BCUT2D eigenvalue weighted by molar-refractivity contribution is -0.137. The Balaban J connectivity index is 2.45. The second-order valence-corrected chi connectivity index (χ2v) is 6.50. The van der Waals surface area contributed by atoms with Crippen molar-refractivity contribution in [1.29, 1.82) is 0 Å². The molecule has 0 aromatic heterocycles. The summed E-state index contributed by atoms with van der Waals surface area (Å²) in [6, 6.07) is 5.25. The van der Waals surface area contributed by atoms with Crippen molar-refractivity contribution in [2.24, 2.45) is 4.99 Å². The molecule has 0 saturated heterocycles. The zero-order valence-electron chi connectivity index (χ0n) is 15.0. The van der Waals surface area contributed by atoms with E-state index in [1.54, 1.807) is 7.05 Å². The quantitative estimate of drug-likeness (QED) is 0.616. The molecular weight excluding hydrogens is 317 g/mol. The van der Waals surface area contributed by atoms with Gasteiger partial charge >= 0.3 is 6.18 Å². The molecule has 2 N–H and O–H groups in total. The van der Waals surface area contributed by atoms with E-state index in [0.29, 0.717) is 18.9 Å². The van der Waals surface area contributed by atoms with Crippen LogP contribution >= 0.6 is 0 Å². The van der Waals surface area contributed by atoms with E-state index in [-0.39, 0.29) is 5.54 Å². The Morgan fingerprint density at radius 3 is 2.12 bits per heavy atom. The number of likely N-dealkylation sites (N-methyl/N-ethyl adjacent to an activating group) is 1. The molecule has 0 saturated carbocycles. The Bertz CT molecular complexity index is 534. The van der Waals surface area contributed by atoms with Crippen LogP contribution in [0.1, 0.15) is 25.0 Å². The van der Waals surface area contributed by atoms with Crippen LogP contribution in [0.25, 0.3) is 0 Å². The number of guanidine groups is 1. The molecule has 0 heterocycles. The molecule has 7 heteroatoms. The van der Waals surface area contributed by atoms with Crippen molar-refractivity contribution >= 4 is 5.96 Å². The lowest BCUT2D eigenvalue weighted by Gasteiger charge is -2.33. The van der Waals surface area contributed by atoms with Gasteiger partial charge in [-0.1, -0.05) is 12.1 Å². The number of benzene rings is 1. The number of halogens is 3. The molecule has 0 aliphatic heterocycles. The van der Waals surface area contributed by atoms with Crippen LogP contribution in [0.5, 0.6) is 0 Å². The van der Waals surface area contributed by atoms with Gasteiger partial charge in [0.1, 0.15) is 0 Å². The van der Waals surface area contributed by atoms with Crippen LogP contribution in [0.3, 0.4) is 0 Å². The minimum Gasteiger partial charge on any atom is -0.356 e. The molecule has 1 aromatic carbocycles. The van der Waals surface area contributed by atoms with Crippen LogP contribution < -0.4 is 10.6 Å². The molecule has 0 atom stereocenters. The third-order valence-corrected chi connectivity index (χ3v) is 4.11. The minimum atomic E-state index is -4.29. The zero-order valence-corrected chi connectivity index (χ0v) is 15.0. The summed E-state index contributed by atoms with van der Waals surface area (Å²) in [4.78, 5) is 6.28. The fourth-order valence-corrected chi connectivity index (χ4v) is 1.86. The molecule has 0 fully saturated rings. The molecule has 0 amide bonds. The number of aliphatic imine (C=N–C) groups is 1. The smallest absolute Gasteiger partial charge is 0.356 e. The Labute approximate surface area is 142 Å². The van der Waals surface area contributed by atoms with Gasteiger partial charge in [-0.2, -0.15) is 13.2 Å². The highest BCUT2D eigenvalue weighted by Crippen LogP contribution is 2.29. The van der Waals surface area contributed by atoms with Crippen molar-refractivity contribution in [3.8, 4) is 0 Å². The van der Waals surface area contributed by atoms with E-state index >= 15 is 0 Å². The number of rotatable bonds is 6. The first-order valence-corrected chi connectivity index (χ1v) is 7.84. The lowest BCUT2D eigenvalue weighted by Crippen LogP contribution is -2.51. The number of nitrogens with one attached hydrogen (secondary N) is 2. The largest absolute Gasteiger partial charge is 0.416 e. The summed E-state index contributed by atoms with van der Waals surface area (Å²) in [7, 11) is 5.72. The molecule has 1 rings (SSSR count). The molecule has 1 aromatic rings. The molecule has 0 aliphatic carbocycles. The van der Waals surface area contributed by atoms with E-state index in [1.165, 1.54) is 12.1 Å². The average Bonchev–Trinajstić information content (AvgIpc) is 2.50. The van der Waals surface area contributed by atoms with Crippen LogP contribution in [0.15, 0.2) is 29.3 Å². The first kappa shape index (κ1) is 20.3. The second-order valence-electron chi connectivity index (χ2n) is 6.50. The molecule has 0 bridgehead atoms. The summed E-state index contributed by atoms with van der Waals surface area (Å²) in [5.41, 5.74) is 0.201. The van der Waals surface area contributed by atoms with E-state index in [2.05, 4.69) is 34.4 Å². The SMILES string of the molecule is CN=C(NCCc1ccc(C(F)(F)F)cc1)NCC(C)(C)N(C)C. The van der Waals surface area contributed by atoms with Gasteiger partial charge in [0.2, 0.25) is 0 Å². The van der Waals surface area contributed by atoms with E-state index in [1.807, 2.05) is 14.1 Å². The normalized spacial score (nSPS) is 13.3. The van der Waals surface area contributed by atoms with Crippen LogP contribution in [-0.4, -0.2) is 50.6 Å². The second kappa shape index (κ2) is 8.37. The van der Waals surface area contributed by atoms with E-state index in [0.717, 1.165) is 24.2 Å². The third-order valence-electron chi connectivity index (χ3n) is 4.11. The van der Waals surface area contributed by atoms with Crippen LogP contribution in [0.4, 0.5) is 13.2 Å². The maximum Gasteiger partial charge on any atom is 0.416 e. The first-order valence-electron chi connectivity index (χ1n) is 7.84. The molecule has 0 aliphatic rings. The Morgan fingerprint density at radius 2 is 1.67 bits per heavy atom. The molecule has 136 valence electrons. The van der Waals surface area contributed by atoms with Crippen LogP contribution in [-0.2, 0) is 12.6 Å². The summed E-state index contributed by atoms with van der Waals surface area (Å²) in [6.45, 7) is 5.55. The van der Waals surface area contributed by atoms with Gasteiger partial charge in [-0.05, 0) is 52.1 Å². The van der Waals surface area contributed by atoms with E-state index < -0.39 is 11.7 Å². The van der Waals surface area contributed by atoms with Gasteiger partial charge in [-0.3, -0.25) is 4.99 Å². The van der Waals surface area contributed by atoms with Gasteiger partial charge in [0.25, 0.3) is 0 Å². The Morgan fingerprint density at radius 1 is 1.08 bits per heavy atom. The standard InChI is InChI=1S/C17H27F3N4/c1-16(2,24(4)5)12-23-15(21-3)22-11-10-13-6-8-14(9-7-13)17(18,19)20/h6-9H,10-12H2,1-5H3,(H2,21,22,23). The van der Waals surface area contributed by atoms with Gasteiger partial charge in [-0.25, -0.2) is 0 Å². The average molecular weight is 344 g/mol. The highest BCUT2D eigenvalue weighted by Gasteiger charge is 2.29. The van der Waals surface area contributed by atoms with Crippen molar-refractivity contribution in [2.45, 2.75) is 32.0 Å². The van der Waals surface area contributed by atoms with Gasteiger partial charge in [0.05, 0.1) is 5.56 Å². The van der Waals surface area contributed by atoms with E-state index in [9.17, 15) is 13.2 Å². The molecule has 24 heavy (non-hydrogen) atoms. The number of hydrogen-bond donors (Lipinski definition) is 2. The molecule has 4 nitrogen and oxygen atoms in total. The fraction of sp³-hybridized carbons (Fsp3) is 0.588. The van der Waals surface area contributed by atoms with Gasteiger partial charge in [0.15, 0.2) is 5.96 Å². The predicted octanol–water partition coefficient (Wildman–Crippen LogP) is 2.75. The topological polar surface area (TPSA) is 39.7 Å². The van der Waals surface area contributed by atoms with Crippen molar-refractivity contribution in [1.82, 2.24) is 15.5 Å². The first-order chi connectivity index (χ1) is 11.1. The fourth-order valence-electron chi connectivity index (χ4n) is 1.86. The summed E-state index contributed by atoms with van der Waals surface area (Å²) in [6.07, 6.45) is -3.67. The summed E-state index contributed by atoms with van der Waals surface area (Å²) >= 11 is 0. The van der Waals surface area contributed by atoms with Crippen molar-refractivity contribution in [3.05, 3.63) is 35.4 Å². The third kappa shape index (κ3) is 6.39. The molecule has 0 unspecified atom stereocenters. The molecule has 0 radical (unpaired) electrons. The number of nitrogens with zero attached hydrogens (tertiary/aromatic N) is 2. The summed E-state index contributed by atoms with van der Waals surface area (Å²) in [5.74, 6) is 0.678. The summed E-state index contributed by atoms with van der Waals surface area (Å²) < 4.78 is 37.6. The van der Waals surface area contributed by atoms with Gasteiger partial charge in [0, 0.05) is 25.7 Å². The molecule has 0 spiro atoms. The minimum absolute atomic E-state index is 0.0228. The highest BCUT2D eigenvalue weighted by molar-refractivity contribution is 5.79. The van der Waals surface area contributed by atoms with E-state index in [4.69, 9.17) is 0 Å². The Kier molecular flexibility index (Phi) is 7.08. The van der Waals surface area contributed by atoms with Crippen LogP contribution in [0.2, 0.25) is 0 Å². The highest BCUT2D eigenvalue weighted by atomic mass is 19.4. The van der Waals surface area contributed by atoms with Crippen molar-refractivity contribution in [2.75, 3.05) is 34.2 Å². The van der Waals surface area contributed by atoms with Gasteiger partial charge < -0.3 is 15.5 Å². The van der Waals surface area contributed by atoms with Crippen molar-refractivity contribution < 1.29 is 13.2 Å². The summed E-state index contributed by atoms with van der Waals surface area (Å²) in [5, 5.41) is 6.43.